The fourth-order valence-corrected chi connectivity index (χ4v) is 5.26. The van der Waals surface area contributed by atoms with E-state index in [1.807, 2.05) is 48.5 Å². The van der Waals surface area contributed by atoms with E-state index in [9.17, 15) is 5.11 Å². The van der Waals surface area contributed by atoms with E-state index in [1.54, 1.807) is 0 Å². The zero-order valence-electron chi connectivity index (χ0n) is 21.7. The number of hydrogen-bond acceptors (Lipinski definition) is 6. The van der Waals surface area contributed by atoms with Gasteiger partial charge in [0.05, 0.1) is 0 Å². The maximum atomic E-state index is 10.7. The molecule has 1 fully saturated rings. The van der Waals surface area contributed by atoms with Crippen LogP contribution in [0.25, 0.3) is 33.3 Å². The van der Waals surface area contributed by atoms with Crippen LogP contribution in [0.4, 0.5) is 0 Å². The van der Waals surface area contributed by atoms with Crippen LogP contribution in [0.1, 0.15) is 18.5 Å². The fraction of sp³-hybridized carbons (Fsp3) is 0.281. The molecule has 0 aliphatic carbocycles. The Bertz CT molecular complexity index is 1510. The molecule has 0 saturated carbocycles. The summed E-state index contributed by atoms with van der Waals surface area (Å²) in [4.78, 5) is 9.45. The number of aliphatic hydroxyl groups is 1. The molecular formula is C32H33N3O3. The number of piperazine rings is 1. The van der Waals surface area contributed by atoms with Crippen molar-refractivity contribution in [2.45, 2.75) is 19.1 Å². The minimum Gasteiger partial charge on any atom is -0.491 e. The van der Waals surface area contributed by atoms with Gasteiger partial charge in [-0.15, -0.1) is 0 Å². The van der Waals surface area contributed by atoms with Crippen LogP contribution in [0.2, 0.25) is 0 Å². The van der Waals surface area contributed by atoms with E-state index in [4.69, 9.17) is 9.15 Å². The molecule has 0 unspecified atom stereocenters. The SMILES string of the molecule is C[C@@H](c1ccc2ccccc2c1)N1CCN(C[C@@H](O)COc2ccc3oc(-c4ccccc4)nc3c2)CC1. The van der Waals surface area contributed by atoms with Crippen LogP contribution in [-0.4, -0.2) is 65.3 Å². The van der Waals surface area contributed by atoms with Crippen LogP contribution in [0.15, 0.2) is 95.4 Å². The van der Waals surface area contributed by atoms with Crippen molar-refractivity contribution in [2.75, 3.05) is 39.3 Å². The first-order chi connectivity index (χ1) is 18.6. The number of rotatable bonds is 8. The third-order valence-electron chi connectivity index (χ3n) is 7.50. The highest BCUT2D eigenvalue weighted by Crippen LogP contribution is 2.28. The van der Waals surface area contributed by atoms with Gasteiger partial charge in [-0.2, -0.15) is 0 Å². The smallest absolute Gasteiger partial charge is 0.227 e. The van der Waals surface area contributed by atoms with E-state index in [2.05, 4.69) is 64.2 Å². The fourth-order valence-electron chi connectivity index (χ4n) is 5.26. The summed E-state index contributed by atoms with van der Waals surface area (Å²) in [6.07, 6.45) is -0.563. The Balaban J connectivity index is 0.993. The number of benzene rings is 4. The first-order valence-electron chi connectivity index (χ1n) is 13.3. The molecule has 1 aliphatic heterocycles. The van der Waals surface area contributed by atoms with Gasteiger partial charge in [0.15, 0.2) is 5.58 Å². The van der Waals surface area contributed by atoms with E-state index < -0.39 is 6.10 Å². The summed E-state index contributed by atoms with van der Waals surface area (Å²) >= 11 is 0. The number of β-amino-alcohol motifs (C(OH)–C–C–N with tert-alkyl or cyclic N) is 1. The Morgan fingerprint density at radius 1 is 0.868 bits per heavy atom. The monoisotopic (exact) mass is 507 g/mol. The number of ether oxygens (including phenoxy) is 1. The molecule has 0 bridgehead atoms. The molecule has 2 atom stereocenters. The van der Waals surface area contributed by atoms with Crippen LogP contribution in [0.5, 0.6) is 5.75 Å². The van der Waals surface area contributed by atoms with Crippen LogP contribution in [-0.2, 0) is 0 Å². The highest BCUT2D eigenvalue weighted by molar-refractivity contribution is 5.83. The van der Waals surface area contributed by atoms with Crippen LogP contribution >= 0.6 is 0 Å². The van der Waals surface area contributed by atoms with E-state index in [-0.39, 0.29) is 6.61 Å². The normalized spacial score (nSPS) is 16.6. The first-order valence-corrected chi connectivity index (χ1v) is 13.3. The van der Waals surface area contributed by atoms with Gasteiger partial charge < -0.3 is 14.3 Å². The Morgan fingerprint density at radius 3 is 2.45 bits per heavy atom. The summed E-state index contributed by atoms with van der Waals surface area (Å²) in [5.41, 5.74) is 3.75. The Morgan fingerprint density at radius 2 is 1.63 bits per heavy atom. The second kappa shape index (κ2) is 11.0. The van der Waals surface area contributed by atoms with E-state index in [1.165, 1.54) is 16.3 Å². The second-order valence-electron chi connectivity index (χ2n) is 10.1. The lowest BCUT2D eigenvalue weighted by molar-refractivity contribution is 0.0381. The summed E-state index contributed by atoms with van der Waals surface area (Å²) in [5.74, 6) is 1.27. The van der Waals surface area contributed by atoms with Gasteiger partial charge >= 0.3 is 0 Å². The van der Waals surface area contributed by atoms with Gasteiger partial charge in [-0.1, -0.05) is 54.6 Å². The molecule has 0 amide bonds. The molecule has 6 heteroatoms. The van der Waals surface area contributed by atoms with Crippen LogP contribution in [0, 0.1) is 0 Å². The molecule has 1 aromatic heterocycles. The van der Waals surface area contributed by atoms with Gasteiger partial charge in [0, 0.05) is 50.4 Å². The molecule has 1 N–H and O–H groups in total. The second-order valence-corrected chi connectivity index (χ2v) is 10.1. The first kappa shape index (κ1) is 24.6. The van der Waals surface area contributed by atoms with Crippen molar-refractivity contribution in [3.63, 3.8) is 0 Å². The maximum Gasteiger partial charge on any atom is 0.227 e. The lowest BCUT2D eigenvalue weighted by Crippen LogP contribution is -2.49. The molecule has 6 rings (SSSR count). The van der Waals surface area contributed by atoms with E-state index >= 15 is 0 Å². The lowest BCUT2D eigenvalue weighted by Gasteiger charge is -2.38. The molecule has 0 spiro atoms. The summed E-state index contributed by atoms with van der Waals surface area (Å²) in [6, 6.07) is 31.1. The van der Waals surface area contributed by atoms with Crippen LogP contribution in [0.3, 0.4) is 0 Å². The highest BCUT2D eigenvalue weighted by atomic mass is 16.5. The predicted octanol–water partition coefficient (Wildman–Crippen LogP) is 5.77. The third-order valence-corrected chi connectivity index (χ3v) is 7.50. The van der Waals surface area contributed by atoms with Gasteiger partial charge in [0.2, 0.25) is 5.89 Å². The molecule has 6 nitrogen and oxygen atoms in total. The molecule has 1 aliphatic rings. The minimum absolute atomic E-state index is 0.239. The summed E-state index contributed by atoms with van der Waals surface area (Å²) in [6.45, 7) is 6.95. The summed E-state index contributed by atoms with van der Waals surface area (Å²) in [5, 5.41) is 13.2. The standard InChI is InChI=1S/C32H33N3O3/c1-23(26-12-11-24-7-5-6-10-27(24)19-26)35-17-15-34(16-18-35)21-28(36)22-37-29-13-14-31-30(20-29)33-32(38-31)25-8-3-2-4-9-25/h2-14,19-20,23,28,36H,15-18,21-22H2,1H3/t23-,28+/m0/s1. The number of hydrogen-bond donors (Lipinski definition) is 1. The largest absolute Gasteiger partial charge is 0.491 e. The quantitative estimate of drug-likeness (QED) is 0.288. The highest BCUT2D eigenvalue weighted by Gasteiger charge is 2.23. The maximum absolute atomic E-state index is 10.7. The number of nitrogens with zero attached hydrogens (tertiary/aromatic N) is 3. The van der Waals surface area contributed by atoms with Gasteiger partial charge in [-0.25, -0.2) is 4.98 Å². The lowest BCUT2D eigenvalue weighted by atomic mass is 10.0. The minimum atomic E-state index is -0.563. The van der Waals surface area contributed by atoms with Crippen LogP contribution < -0.4 is 4.74 Å². The van der Waals surface area contributed by atoms with Crippen molar-refractivity contribution in [1.82, 2.24) is 14.8 Å². The molecule has 194 valence electrons. The van der Waals surface area contributed by atoms with Crippen molar-refractivity contribution in [2.24, 2.45) is 0 Å². The summed E-state index contributed by atoms with van der Waals surface area (Å²) in [7, 11) is 0. The molecular weight excluding hydrogens is 474 g/mol. The van der Waals surface area contributed by atoms with E-state index in [0.717, 1.165) is 37.3 Å². The number of aromatic nitrogens is 1. The molecule has 1 saturated heterocycles. The van der Waals surface area contributed by atoms with Gasteiger partial charge in [-0.3, -0.25) is 9.80 Å². The molecule has 4 aromatic carbocycles. The number of oxazole rings is 1. The predicted molar refractivity (Wildman–Crippen MR) is 151 cm³/mol. The molecule has 0 radical (unpaired) electrons. The van der Waals surface area contributed by atoms with Crippen molar-refractivity contribution in [3.05, 3.63) is 96.6 Å². The van der Waals surface area contributed by atoms with Crippen molar-refractivity contribution in [1.29, 1.82) is 0 Å². The number of fused-ring (bicyclic) bond motifs is 2. The molecule has 5 aromatic rings. The van der Waals surface area contributed by atoms with E-state index in [0.29, 0.717) is 29.8 Å². The average molecular weight is 508 g/mol. The zero-order valence-corrected chi connectivity index (χ0v) is 21.7. The topological polar surface area (TPSA) is 62.0 Å². The summed E-state index contributed by atoms with van der Waals surface area (Å²) < 4.78 is 11.8. The van der Waals surface area contributed by atoms with Gasteiger partial charge in [-0.05, 0) is 53.6 Å². The van der Waals surface area contributed by atoms with Gasteiger partial charge in [0.1, 0.15) is 24.0 Å². The van der Waals surface area contributed by atoms with Crippen molar-refractivity contribution in [3.8, 4) is 17.2 Å². The third kappa shape index (κ3) is 5.43. The Hall–Kier alpha value is -3.71. The van der Waals surface area contributed by atoms with Crippen molar-refractivity contribution >= 4 is 21.9 Å². The zero-order chi connectivity index (χ0) is 25.9. The molecule has 38 heavy (non-hydrogen) atoms. The Kier molecular flexibility index (Phi) is 7.10. The van der Waals surface area contributed by atoms with Crippen molar-refractivity contribution < 1.29 is 14.3 Å². The Labute approximate surface area is 223 Å². The van der Waals surface area contributed by atoms with Gasteiger partial charge in [0.25, 0.3) is 0 Å². The molecule has 2 heterocycles. The average Bonchev–Trinajstić information content (AvgIpc) is 3.40. The number of aliphatic hydroxyl groups excluding tert-OH is 1.